The topological polar surface area (TPSA) is 61.4 Å². The van der Waals surface area contributed by atoms with Gasteiger partial charge in [-0.1, -0.05) is 0 Å². The molecule has 5 heteroatoms. The summed E-state index contributed by atoms with van der Waals surface area (Å²) in [6.45, 7) is 5.55. The number of piperidine rings is 1. The summed E-state index contributed by atoms with van der Waals surface area (Å²) in [5.74, 6) is 0.0841. The molecule has 2 N–H and O–H groups in total. The predicted molar refractivity (Wildman–Crippen MR) is 66.5 cm³/mol. The van der Waals surface area contributed by atoms with Gasteiger partial charge in [-0.25, -0.2) is 0 Å². The van der Waals surface area contributed by atoms with Gasteiger partial charge in [0.15, 0.2) is 0 Å². The number of nitrogens with one attached hydrogen (secondary N) is 2. The molecule has 0 aromatic heterocycles. The second-order valence-electron chi connectivity index (χ2n) is 4.74. The van der Waals surface area contributed by atoms with E-state index in [2.05, 4.69) is 10.6 Å². The van der Waals surface area contributed by atoms with Crippen LogP contribution in [-0.2, 0) is 9.59 Å². The highest BCUT2D eigenvalue weighted by Gasteiger charge is 2.26. The first-order valence-corrected chi connectivity index (χ1v) is 6.25. The van der Waals surface area contributed by atoms with E-state index in [0.717, 1.165) is 19.4 Å². The number of nitrogens with zero attached hydrogens (tertiary/aromatic N) is 1. The van der Waals surface area contributed by atoms with Gasteiger partial charge in [0.25, 0.3) is 0 Å². The molecule has 1 rings (SSSR count). The number of carbonyl (C=O) groups excluding carboxylic acids is 2. The standard InChI is InChI=1S/C12H23N3O2/c1-9(13-3)7-14-12(17)11-5-4-6-15(8-11)10(2)16/h9,11,13H,4-8H2,1-3H3,(H,14,17). The maximum absolute atomic E-state index is 11.9. The van der Waals surface area contributed by atoms with Gasteiger partial charge in [-0.2, -0.15) is 0 Å². The molecule has 1 aliphatic heterocycles. The molecule has 0 aromatic rings. The van der Waals surface area contributed by atoms with Crippen molar-refractivity contribution in [2.24, 2.45) is 5.92 Å². The number of amides is 2. The SMILES string of the molecule is CNC(C)CNC(=O)C1CCCN(C(C)=O)C1. The Hall–Kier alpha value is -1.10. The van der Waals surface area contributed by atoms with Crippen LogP contribution in [0.3, 0.4) is 0 Å². The summed E-state index contributed by atoms with van der Waals surface area (Å²) in [5, 5.41) is 5.99. The minimum atomic E-state index is -0.0447. The lowest BCUT2D eigenvalue weighted by molar-refractivity contribution is -0.133. The third kappa shape index (κ3) is 4.34. The van der Waals surface area contributed by atoms with Crippen LogP contribution in [-0.4, -0.2) is 49.4 Å². The maximum Gasteiger partial charge on any atom is 0.224 e. The van der Waals surface area contributed by atoms with Crippen LogP contribution in [0, 0.1) is 5.92 Å². The molecular formula is C12H23N3O2. The van der Waals surface area contributed by atoms with Crippen LogP contribution in [0.1, 0.15) is 26.7 Å². The molecule has 17 heavy (non-hydrogen) atoms. The zero-order valence-corrected chi connectivity index (χ0v) is 11.0. The summed E-state index contributed by atoms with van der Waals surface area (Å²) in [5.41, 5.74) is 0. The van der Waals surface area contributed by atoms with Crippen molar-refractivity contribution in [3.8, 4) is 0 Å². The lowest BCUT2D eigenvalue weighted by atomic mass is 9.97. The fourth-order valence-electron chi connectivity index (χ4n) is 1.98. The maximum atomic E-state index is 11.9. The first-order valence-electron chi connectivity index (χ1n) is 6.25. The fraction of sp³-hybridized carbons (Fsp3) is 0.833. The summed E-state index contributed by atoms with van der Waals surface area (Å²) < 4.78 is 0. The van der Waals surface area contributed by atoms with Crippen molar-refractivity contribution < 1.29 is 9.59 Å². The molecule has 0 radical (unpaired) electrons. The van der Waals surface area contributed by atoms with Crippen molar-refractivity contribution >= 4 is 11.8 Å². The van der Waals surface area contributed by atoms with Crippen LogP contribution in [0.2, 0.25) is 0 Å². The van der Waals surface area contributed by atoms with Gasteiger partial charge in [-0.15, -0.1) is 0 Å². The van der Waals surface area contributed by atoms with Gasteiger partial charge < -0.3 is 15.5 Å². The molecule has 2 unspecified atom stereocenters. The molecule has 0 aromatic carbocycles. The number of hydrogen-bond acceptors (Lipinski definition) is 3. The van der Waals surface area contributed by atoms with E-state index in [1.54, 1.807) is 11.8 Å². The van der Waals surface area contributed by atoms with E-state index in [4.69, 9.17) is 0 Å². The third-order valence-corrected chi connectivity index (χ3v) is 3.31. The molecule has 2 atom stereocenters. The van der Waals surface area contributed by atoms with E-state index in [1.807, 2.05) is 14.0 Å². The van der Waals surface area contributed by atoms with Gasteiger partial charge in [0, 0.05) is 32.6 Å². The fourth-order valence-corrected chi connectivity index (χ4v) is 1.98. The molecule has 0 aliphatic carbocycles. The van der Waals surface area contributed by atoms with Gasteiger partial charge in [0.2, 0.25) is 11.8 Å². The Morgan fingerprint density at radius 1 is 1.47 bits per heavy atom. The normalized spacial score (nSPS) is 22.1. The Morgan fingerprint density at radius 2 is 2.18 bits per heavy atom. The molecule has 98 valence electrons. The van der Waals surface area contributed by atoms with Gasteiger partial charge in [0.05, 0.1) is 5.92 Å². The van der Waals surface area contributed by atoms with Crippen molar-refractivity contribution in [3.63, 3.8) is 0 Å². The molecule has 0 bridgehead atoms. The lowest BCUT2D eigenvalue weighted by Crippen LogP contribution is -2.46. The predicted octanol–water partition coefficient (Wildman–Crippen LogP) is -0.0310. The van der Waals surface area contributed by atoms with Crippen LogP contribution in [0.15, 0.2) is 0 Å². The average molecular weight is 241 g/mol. The molecule has 5 nitrogen and oxygen atoms in total. The minimum absolute atomic E-state index is 0.0447. The first-order chi connectivity index (χ1) is 8.04. The minimum Gasteiger partial charge on any atom is -0.354 e. The van der Waals surface area contributed by atoms with Gasteiger partial charge in [-0.3, -0.25) is 9.59 Å². The lowest BCUT2D eigenvalue weighted by Gasteiger charge is -2.31. The van der Waals surface area contributed by atoms with Crippen LogP contribution >= 0.6 is 0 Å². The van der Waals surface area contributed by atoms with Crippen LogP contribution in [0.5, 0.6) is 0 Å². The molecular weight excluding hydrogens is 218 g/mol. The zero-order chi connectivity index (χ0) is 12.8. The zero-order valence-electron chi connectivity index (χ0n) is 11.0. The van der Waals surface area contributed by atoms with E-state index < -0.39 is 0 Å². The number of rotatable bonds is 4. The summed E-state index contributed by atoms with van der Waals surface area (Å²) in [7, 11) is 1.87. The van der Waals surface area contributed by atoms with E-state index in [0.29, 0.717) is 13.1 Å². The van der Waals surface area contributed by atoms with Crippen LogP contribution in [0.25, 0.3) is 0 Å². The highest BCUT2D eigenvalue weighted by atomic mass is 16.2. The van der Waals surface area contributed by atoms with Crippen LogP contribution < -0.4 is 10.6 Å². The Morgan fingerprint density at radius 3 is 2.76 bits per heavy atom. The highest BCUT2D eigenvalue weighted by molar-refractivity contribution is 5.80. The molecule has 1 saturated heterocycles. The van der Waals surface area contributed by atoms with E-state index in [-0.39, 0.29) is 23.8 Å². The average Bonchev–Trinajstić information content (AvgIpc) is 2.35. The second-order valence-corrected chi connectivity index (χ2v) is 4.74. The van der Waals surface area contributed by atoms with Crippen molar-refractivity contribution in [1.82, 2.24) is 15.5 Å². The van der Waals surface area contributed by atoms with Gasteiger partial charge in [0.1, 0.15) is 0 Å². The molecule has 0 saturated carbocycles. The molecule has 2 amide bonds. The van der Waals surface area contributed by atoms with Crippen molar-refractivity contribution in [2.45, 2.75) is 32.7 Å². The van der Waals surface area contributed by atoms with Gasteiger partial charge >= 0.3 is 0 Å². The van der Waals surface area contributed by atoms with E-state index >= 15 is 0 Å². The van der Waals surface area contributed by atoms with E-state index in [9.17, 15) is 9.59 Å². The Bertz CT molecular complexity index is 281. The second kappa shape index (κ2) is 6.59. The molecule has 1 fully saturated rings. The summed E-state index contributed by atoms with van der Waals surface area (Å²) in [6, 6.07) is 0.270. The molecule has 1 aliphatic rings. The number of likely N-dealkylation sites (N-methyl/N-ethyl adjacent to an activating group) is 1. The van der Waals surface area contributed by atoms with E-state index in [1.165, 1.54) is 0 Å². The number of hydrogen-bond donors (Lipinski definition) is 2. The van der Waals surface area contributed by atoms with Crippen molar-refractivity contribution in [2.75, 3.05) is 26.7 Å². The van der Waals surface area contributed by atoms with Crippen molar-refractivity contribution in [3.05, 3.63) is 0 Å². The first kappa shape index (κ1) is 14.0. The highest BCUT2D eigenvalue weighted by Crippen LogP contribution is 2.16. The summed E-state index contributed by atoms with van der Waals surface area (Å²) in [4.78, 5) is 24.9. The summed E-state index contributed by atoms with van der Waals surface area (Å²) in [6.07, 6.45) is 1.79. The van der Waals surface area contributed by atoms with Crippen molar-refractivity contribution in [1.29, 1.82) is 0 Å². The monoisotopic (exact) mass is 241 g/mol. The van der Waals surface area contributed by atoms with Crippen LogP contribution in [0.4, 0.5) is 0 Å². The molecule has 1 heterocycles. The smallest absolute Gasteiger partial charge is 0.224 e. The number of carbonyl (C=O) groups is 2. The van der Waals surface area contributed by atoms with Gasteiger partial charge in [-0.05, 0) is 26.8 Å². The largest absolute Gasteiger partial charge is 0.354 e. The molecule has 0 spiro atoms. The Balaban J connectivity index is 2.38. The third-order valence-electron chi connectivity index (χ3n) is 3.31. The number of likely N-dealkylation sites (tertiary alicyclic amines) is 1. The Labute approximate surface area is 103 Å². The Kier molecular flexibility index (Phi) is 5.41. The quantitative estimate of drug-likeness (QED) is 0.726. The summed E-state index contributed by atoms with van der Waals surface area (Å²) >= 11 is 0.